The van der Waals surface area contributed by atoms with Gasteiger partial charge in [0.1, 0.15) is 0 Å². The Bertz CT molecular complexity index is 1470. The normalized spacial score (nSPS) is 11.3. The number of nitrogens with one attached hydrogen (secondary N) is 2. The first-order valence-corrected chi connectivity index (χ1v) is 12.6. The van der Waals surface area contributed by atoms with Crippen molar-refractivity contribution >= 4 is 32.7 Å². The van der Waals surface area contributed by atoms with Crippen LogP contribution >= 0.6 is 0 Å². The number of nitrogens with zero attached hydrogens (tertiary/aromatic N) is 2. The molecule has 0 fully saturated rings. The van der Waals surface area contributed by atoms with Gasteiger partial charge in [-0.05, 0) is 73.4 Å². The van der Waals surface area contributed by atoms with Crippen molar-refractivity contribution in [3.05, 3.63) is 77.4 Å². The van der Waals surface area contributed by atoms with Crippen LogP contribution in [-0.2, 0) is 16.4 Å². The highest BCUT2D eigenvalue weighted by Gasteiger charge is 2.19. The Balaban J connectivity index is 1.60. The number of hydrogen-bond donors (Lipinski definition) is 2. The van der Waals surface area contributed by atoms with Gasteiger partial charge < -0.3 is 14.8 Å². The van der Waals surface area contributed by atoms with Crippen molar-refractivity contribution in [2.45, 2.75) is 25.2 Å². The molecule has 2 N–H and O–H groups in total. The van der Waals surface area contributed by atoms with Crippen LogP contribution in [0.5, 0.6) is 11.5 Å². The molecule has 0 atom stereocenters. The zero-order valence-electron chi connectivity index (χ0n) is 20.1. The number of benzene rings is 3. The molecule has 4 aromatic rings. The number of ether oxygens (including phenoxy) is 2. The summed E-state index contributed by atoms with van der Waals surface area (Å²) in [6, 6.07) is 18.1. The van der Waals surface area contributed by atoms with Crippen molar-refractivity contribution < 1.29 is 17.9 Å². The molecule has 3 aromatic carbocycles. The Kier molecular flexibility index (Phi) is 7.07. The van der Waals surface area contributed by atoms with Crippen LogP contribution in [0.25, 0.3) is 11.0 Å². The van der Waals surface area contributed by atoms with Crippen LogP contribution in [0, 0.1) is 13.8 Å². The van der Waals surface area contributed by atoms with E-state index in [0.717, 1.165) is 16.7 Å². The molecule has 0 bridgehead atoms. The number of rotatable bonds is 9. The summed E-state index contributed by atoms with van der Waals surface area (Å²) in [5, 5.41) is 3.24. The molecule has 4 rings (SSSR count). The van der Waals surface area contributed by atoms with Crippen LogP contribution in [0.4, 0.5) is 11.6 Å². The molecule has 0 saturated carbocycles. The predicted molar refractivity (Wildman–Crippen MR) is 138 cm³/mol. The van der Waals surface area contributed by atoms with E-state index in [0.29, 0.717) is 41.3 Å². The lowest BCUT2D eigenvalue weighted by molar-refractivity contribution is 0.354. The predicted octanol–water partition coefficient (Wildman–Crippen LogP) is 4.72. The van der Waals surface area contributed by atoms with Crippen LogP contribution in [0.3, 0.4) is 0 Å². The van der Waals surface area contributed by atoms with Crippen molar-refractivity contribution in [3.63, 3.8) is 0 Å². The van der Waals surface area contributed by atoms with E-state index in [2.05, 4.69) is 20.0 Å². The number of fused-ring (bicyclic) bond motifs is 1. The van der Waals surface area contributed by atoms with Crippen LogP contribution in [0.1, 0.15) is 16.7 Å². The minimum Gasteiger partial charge on any atom is -0.493 e. The lowest BCUT2D eigenvalue weighted by atomic mass is 10.1. The molecule has 9 heteroatoms. The molecule has 0 radical (unpaired) electrons. The van der Waals surface area contributed by atoms with Crippen LogP contribution < -0.4 is 19.5 Å². The van der Waals surface area contributed by atoms with Crippen molar-refractivity contribution in [3.8, 4) is 11.5 Å². The van der Waals surface area contributed by atoms with E-state index in [9.17, 15) is 8.42 Å². The number of anilines is 2. The van der Waals surface area contributed by atoms with E-state index in [-0.39, 0.29) is 10.7 Å². The second-order valence-electron chi connectivity index (χ2n) is 8.13. The molecule has 8 nitrogen and oxygen atoms in total. The average molecular weight is 493 g/mol. The Hall–Kier alpha value is -3.85. The lowest BCUT2D eigenvalue weighted by Crippen LogP contribution is -2.17. The molecule has 0 spiro atoms. The highest BCUT2D eigenvalue weighted by Crippen LogP contribution is 2.28. The smallest absolute Gasteiger partial charge is 0.263 e. The van der Waals surface area contributed by atoms with Crippen LogP contribution in [0.2, 0.25) is 0 Å². The molecule has 35 heavy (non-hydrogen) atoms. The van der Waals surface area contributed by atoms with Gasteiger partial charge in [0.25, 0.3) is 10.0 Å². The summed E-state index contributed by atoms with van der Waals surface area (Å²) in [7, 11) is -0.670. The van der Waals surface area contributed by atoms with Gasteiger partial charge in [0, 0.05) is 6.54 Å². The summed E-state index contributed by atoms with van der Waals surface area (Å²) >= 11 is 0. The fraction of sp³-hybridized carbons (Fsp3) is 0.231. The topological polar surface area (TPSA) is 102 Å². The van der Waals surface area contributed by atoms with Crippen molar-refractivity contribution in [2.24, 2.45) is 0 Å². The standard InChI is InChI=1S/C26H28N4O4S/c1-17-9-11-20(15-18(17)2)35(31,32)30-26-25(28-21-7-5-6-8-22(21)29-26)27-14-13-19-10-12-23(33-3)24(16-19)34-4/h5-12,15-16H,13-14H2,1-4H3,(H,27,28)(H,29,30). The van der Waals surface area contributed by atoms with Gasteiger partial charge in [-0.15, -0.1) is 0 Å². The van der Waals surface area contributed by atoms with Gasteiger partial charge in [0.2, 0.25) is 0 Å². The first-order chi connectivity index (χ1) is 16.8. The zero-order valence-corrected chi connectivity index (χ0v) is 20.9. The maximum absolute atomic E-state index is 13.1. The summed E-state index contributed by atoms with van der Waals surface area (Å²) in [6.45, 7) is 4.32. The van der Waals surface area contributed by atoms with E-state index in [1.54, 1.807) is 38.5 Å². The molecular formula is C26H28N4O4S. The monoisotopic (exact) mass is 492 g/mol. The minimum atomic E-state index is -3.86. The number of aromatic nitrogens is 2. The van der Waals surface area contributed by atoms with E-state index >= 15 is 0 Å². The largest absolute Gasteiger partial charge is 0.493 e. The second-order valence-corrected chi connectivity index (χ2v) is 9.81. The minimum absolute atomic E-state index is 0.147. The second kappa shape index (κ2) is 10.2. The molecule has 0 aliphatic carbocycles. The van der Waals surface area contributed by atoms with Crippen LogP contribution in [0.15, 0.2) is 65.6 Å². The molecule has 0 amide bonds. The van der Waals surface area contributed by atoms with E-state index in [1.807, 2.05) is 50.2 Å². The SMILES string of the molecule is COc1ccc(CCNc2nc3ccccc3nc2NS(=O)(=O)c2ccc(C)c(C)c2)cc1OC. The van der Waals surface area contributed by atoms with E-state index in [1.165, 1.54) is 0 Å². The van der Waals surface area contributed by atoms with Gasteiger partial charge in [0.05, 0.1) is 30.1 Å². The third kappa shape index (κ3) is 5.46. The molecule has 182 valence electrons. The first-order valence-electron chi connectivity index (χ1n) is 11.1. The Morgan fingerprint density at radius 2 is 1.49 bits per heavy atom. The average Bonchev–Trinajstić information content (AvgIpc) is 2.85. The molecule has 0 aliphatic heterocycles. The number of sulfonamides is 1. The summed E-state index contributed by atoms with van der Waals surface area (Å²) in [4.78, 5) is 9.35. The lowest BCUT2D eigenvalue weighted by Gasteiger charge is -2.15. The zero-order chi connectivity index (χ0) is 25.0. The molecule has 1 heterocycles. The molecular weight excluding hydrogens is 464 g/mol. The number of hydrogen-bond acceptors (Lipinski definition) is 7. The van der Waals surface area contributed by atoms with Gasteiger partial charge in [-0.1, -0.05) is 24.3 Å². The number of para-hydroxylation sites is 2. The van der Waals surface area contributed by atoms with Gasteiger partial charge in [-0.3, -0.25) is 4.72 Å². The third-order valence-electron chi connectivity index (χ3n) is 5.74. The molecule has 1 aromatic heterocycles. The highest BCUT2D eigenvalue weighted by molar-refractivity contribution is 7.92. The van der Waals surface area contributed by atoms with Gasteiger partial charge in [-0.25, -0.2) is 18.4 Å². The first kappa shape index (κ1) is 24.3. The van der Waals surface area contributed by atoms with Crippen molar-refractivity contribution in [2.75, 3.05) is 30.8 Å². The maximum Gasteiger partial charge on any atom is 0.263 e. The number of methoxy groups -OCH3 is 2. The summed E-state index contributed by atoms with van der Waals surface area (Å²) in [5.41, 5.74) is 4.20. The Morgan fingerprint density at radius 1 is 0.800 bits per heavy atom. The third-order valence-corrected chi connectivity index (χ3v) is 7.08. The van der Waals surface area contributed by atoms with Gasteiger partial charge in [-0.2, -0.15) is 0 Å². The highest BCUT2D eigenvalue weighted by atomic mass is 32.2. The maximum atomic E-state index is 13.1. The van der Waals surface area contributed by atoms with Gasteiger partial charge >= 0.3 is 0 Å². The summed E-state index contributed by atoms with van der Waals surface area (Å²) < 4.78 is 39.6. The van der Waals surface area contributed by atoms with Crippen molar-refractivity contribution in [1.29, 1.82) is 0 Å². The fourth-order valence-corrected chi connectivity index (χ4v) is 4.72. The fourth-order valence-electron chi connectivity index (χ4n) is 3.62. The van der Waals surface area contributed by atoms with Crippen molar-refractivity contribution in [1.82, 2.24) is 9.97 Å². The Morgan fingerprint density at radius 3 is 2.14 bits per heavy atom. The summed E-state index contributed by atoms with van der Waals surface area (Å²) in [6.07, 6.45) is 0.651. The molecule has 0 unspecified atom stereocenters. The van der Waals surface area contributed by atoms with E-state index < -0.39 is 10.0 Å². The summed E-state index contributed by atoms with van der Waals surface area (Å²) in [5.74, 6) is 1.82. The number of aryl methyl sites for hydroxylation is 2. The van der Waals surface area contributed by atoms with Gasteiger partial charge in [0.15, 0.2) is 23.1 Å². The van der Waals surface area contributed by atoms with E-state index in [4.69, 9.17) is 9.47 Å². The molecule has 0 saturated heterocycles. The Labute approximate surface area is 205 Å². The van der Waals surface area contributed by atoms with Crippen LogP contribution in [-0.4, -0.2) is 39.2 Å². The molecule has 0 aliphatic rings. The quantitative estimate of drug-likeness (QED) is 0.349.